The van der Waals surface area contributed by atoms with Crippen molar-refractivity contribution in [2.45, 2.75) is 38.7 Å². The molecule has 0 saturated carbocycles. The summed E-state index contributed by atoms with van der Waals surface area (Å²) in [6.07, 6.45) is 3.09. The molecular weight excluding hydrogens is 442 g/mol. The molecule has 0 spiro atoms. The first-order valence-corrected chi connectivity index (χ1v) is 12.2. The van der Waals surface area contributed by atoms with Gasteiger partial charge in [0.05, 0.1) is 24.5 Å². The second-order valence-electron chi connectivity index (χ2n) is 9.42. The van der Waals surface area contributed by atoms with Gasteiger partial charge in [0.15, 0.2) is 0 Å². The Morgan fingerprint density at radius 2 is 1.77 bits per heavy atom. The zero-order chi connectivity index (χ0) is 25.1. The van der Waals surface area contributed by atoms with Crippen molar-refractivity contribution in [3.8, 4) is 5.75 Å². The molecule has 3 N–H and O–H groups in total. The summed E-state index contributed by atoms with van der Waals surface area (Å²) in [6, 6.07) is 16.9. The molecule has 184 valence electrons. The van der Waals surface area contributed by atoms with Gasteiger partial charge in [-0.1, -0.05) is 61.0 Å². The molecule has 2 amide bonds. The maximum atomic E-state index is 12.8. The average Bonchev–Trinajstić information content (AvgIpc) is 3.10. The van der Waals surface area contributed by atoms with Gasteiger partial charge in [-0.3, -0.25) is 14.5 Å². The van der Waals surface area contributed by atoms with Gasteiger partial charge >= 0.3 is 0 Å². The molecule has 0 unspecified atom stereocenters. The Hall–Kier alpha value is -3.22. The van der Waals surface area contributed by atoms with Gasteiger partial charge in [0.25, 0.3) is 0 Å². The van der Waals surface area contributed by atoms with E-state index < -0.39 is 23.9 Å². The molecule has 1 saturated heterocycles. The molecule has 2 aromatic rings. The highest BCUT2D eigenvalue weighted by Gasteiger charge is 2.53. The van der Waals surface area contributed by atoms with Crippen LogP contribution in [0.15, 0.2) is 65.7 Å². The lowest BCUT2D eigenvalue weighted by Gasteiger charge is -2.36. The lowest BCUT2D eigenvalue weighted by molar-refractivity contribution is -0.138. The molecule has 1 aliphatic heterocycles. The highest BCUT2D eigenvalue weighted by atomic mass is 16.3. The number of phenols is 1. The number of aliphatic hydroxyl groups excluding tert-OH is 2. The number of likely N-dealkylation sites (tertiary alicyclic amines) is 1. The molecular formula is C29H33NO5. The molecule has 0 aromatic heterocycles. The summed E-state index contributed by atoms with van der Waals surface area (Å²) in [6.45, 7) is 1.69. The van der Waals surface area contributed by atoms with Gasteiger partial charge < -0.3 is 15.3 Å². The van der Waals surface area contributed by atoms with Gasteiger partial charge in [0.1, 0.15) is 5.75 Å². The van der Waals surface area contributed by atoms with Gasteiger partial charge in [-0.25, -0.2) is 0 Å². The van der Waals surface area contributed by atoms with Gasteiger partial charge in [0.2, 0.25) is 11.8 Å². The number of imide groups is 1. The highest BCUT2D eigenvalue weighted by Crippen LogP contribution is 2.46. The van der Waals surface area contributed by atoms with Crippen molar-refractivity contribution >= 4 is 23.5 Å². The molecule has 6 nitrogen and oxygen atoms in total. The highest BCUT2D eigenvalue weighted by molar-refractivity contribution is 6.05. The number of aromatic hydroxyl groups is 1. The number of allylic oxidation sites excluding steroid dienone is 2. The third kappa shape index (κ3) is 4.81. The zero-order valence-corrected chi connectivity index (χ0v) is 20.2. The molecule has 0 bridgehead atoms. The molecule has 35 heavy (non-hydrogen) atoms. The van der Waals surface area contributed by atoms with Crippen molar-refractivity contribution in [1.29, 1.82) is 0 Å². The second kappa shape index (κ2) is 10.6. The number of fused-ring (bicyclic) bond motifs is 1. The Labute approximate surface area is 206 Å². The van der Waals surface area contributed by atoms with Crippen LogP contribution in [-0.4, -0.2) is 51.8 Å². The van der Waals surface area contributed by atoms with Crippen LogP contribution in [0.3, 0.4) is 0 Å². The lowest BCUT2D eigenvalue weighted by atomic mass is 9.67. The number of carbonyl (C=O) groups excluding carboxylic acids is 2. The standard InChI is InChI=1S/C29H33NO5/c1-3-18-16-22-27(29(35)30(2)28(22)34)23(17-31)26(18)25(33)14-13-20(19-9-5-4-6-10-19)15-21-11-7-8-12-24(21)32/h4-12,15,22-23,25,27,31-33H,3,13-14,16-17H2,1-2H3/b20-15-/t22-,23+,25-,27-/m1/s1. The zero-order valence-electron chi connectivity index (χ0n) is 20.2. The largest absolute Gasteiger partial charge is 0.507 e. The van der Waals surface area contributed by atoms with Crippen molar-refractivity contribution in [1.82, 2.24) is 4.90 Å². The third-order valence-corrected chi connectivity index (χ3v) is 7.49. The van der Waals surface area contributed by atoms with Gasteiger partial charge in [0, 0.05) is 18.5 Å². The van der Waals surface area contributed by atoms with E-state index in [0.717, 1.165) is 16.7 Å². The van der Waals surface area contributed by atoms with E-state index in [9.17, 15) is 24.9 Å². The monoisotopic (exact) mass is 475 g/mol. The van der Waals surface area contributed by atoms with Gasteiger partial charge in [-0.2, -0.15) is 0 Å². The van der Waals surface area contributed by atoms with Crippen molar-refractivity contribution in [2.75, 3.05) is 13.7 Å². The maximum absolute atomic E-state index is 12.8. The SMILES string of the molecule is CCC1=C([C@H](O)CC/C(=C/c2ccccc2O)c2ccccc2)[C@H](CO)[C@@H]2C(=O)N(C)C(=O)[C@@H]2C1. The van der Waals surface area contributed by atoms with Crippen molar-refractivity contribution in [2.24, 2.45) is 17.8 Å². The maximum Gasteiger partial charge on any atom is 0.233 e. The smallest absolute Gasteiger partial charge is 0.233 e. The summed E-state index contributed by atoms with van der Waals surface area (Å²) in [5.74, 6) is -1.94. The Morgan fingerprint density at radius 3 is 2.43 bits per heavy atom. The van der Waals surface area contributed by atoms with E-state index in [1.807, 2.05) is 55.5 Å². The molecule has 4 rings (SSSR count). The van der Waals surface area contributed by atoms with E-state index in [4.69, 9.17) is 0 Å². The fraction of sp³-hybridized carbons (Fsp3) is 0.379. The number of nitrogens with zero attached hydrogens (tertiary/aromatic N) is 1. The number of para-hydroxylation sites is 1. The van der Waals surface area contributed by atoms with Crippen LogP contribution in [0, 0.1) is 17.8 Å². The minimum absolute atomic E-state index is 0.185. The molecule has 2 aliphatic rings. The van der Waals surface area contributed by atoms with Crippen LogP contribution in [-0.2, 0) is 9.59 Å². The van der Waals surface area contributed by atoms with Crippen molar-refractivity contribution in [3.05, 3.63) is 76.9 Å². The number of phenolic OH excluding ortho intramolecular Hbond substituents is 1. The summed E-state index contributed by atoms with van der Waals surface area (Å²) in [5.41, 5.74) is 4.32. The summed E-state index contributed by atoms with van der Waals surface area (Å²) in [5, 5.41) is 31.9. The molecule has 1 aliphatic carbocycles. The molecule has 4 atom stereocenters. The van der Waals surface area contributed by atoms with E-state index in [2.05, 4.69) is 0 Å². The van der Waals surface area contributed by atoms with Crippen molar-refractivity contribution < 1.29 is 24.9 Å². The summed E-state index contributed by atoms with van der Waals surface area (Å²) in [4.78, 5) is 26.6. The number of hydrogen-bond donors (Lipinski definition) is 3. The van der Waals surface area contributed by atoms with Crippen molar-refractivity contribution in [3.63, 3.8) is 0 Å². The van der Waals surface area contributed by atoms with E-state index in [1.165, 1.54) is 11.9 Å². The minimum Gasteiger partial charge on any atom is -0.507 e. The minimum atomic E-state index is -0.853. The van der Waals surface area contributed by atoms with E-state index in [0.29, 0.717) is 36.8 Å². The first-order chi connectivity index (χ1) is 16.9. The number of aliphatic hydroxyl groups is 2. The molecule has 2 aromatic carbocycles. The fourth-order valence-electron chi connectivity index (χ4n) is 5.65. The normalized spacial score (nSPS) is 23.6. The predicted octanol–water partition coefficient (Wildman–Crippen LogP) is 4.02. The first kappa shape index (κ1) is 24.9. The third-order valence-electron chi connectivity index (χ3n) is 7.49. The van der Waals surface area contributed by atoms with Crippen LogP contribution in [0.2, 0.25) is 0 Å². The predicted molar refractivity (Wildman–Crippen MR) is 135 cm³/mol. The number of benzene rings is 2. The molecule has 1 heterocycles. The van der Waals surface area contributed by atoms with E-state index >= 15 is 0 Å². The van der Waals surface area contributed by atoms with Crippen LogP contribution in [0.25, 0.3) is 11.6 Å². The quantitative estimate of drug-likeness (QED) is 0.304. The van der Waals surface area contributed by atoms with Gasteiger partial charge in [-0.05, 0) is 54.5 Å². The molecule has 0 radical (unpaired) electrons. The van der Waals surface area contributed by atoms with Crippen LogP contribution in [0.5, 0.6) is 5.75 Å². The lowest BCUT2D eigenvalue weighted by Crippen LogP contribution is -2.38. The van der Waals surface area contributed by atoms with Gasteiger partial charge in [-0.15, -0.1) is 0 Å². The van der Waals surface area contributed by atoms with E-state index in [1.54, 1.807) is 12.1 Å². The Kier molecular flexibility index (Phi) is 7.53. The topological polar surface area (TPSA) is 98.1 Å². The number of rotatable bonds is 8. The number of amides is 2. The summed E-state index contributed by atoms with van der Waals surface area (Å²) >= 11 is 0. The Balaban J connectivity index is 1.63. The fourth-order valence-corrected chi connectivity index (χ4v) is 5.65. The van der Waals surface area contributed by atoms with E-state index in [-0.39, 0.29) is 24.2 Å². The van der Waals surface area contributed by atoms with Crippen LogP contribution >= 0.6 is 0 Å². The summed E-state index contributed by atoms with van der Waals surface area (Å²) in [7, 11) is 1.50. The number of hydrogen-bond acceptors (Lipinski definition) is 5. The molecule has 6 heteroatoms. The second-order valence-corrected chi connectivity index (χ2v) is 9.42. The Morgan fingerprint density at radius 1 is 1.09 bits per heavy atom. The van der Waals surface area contributed by atoms with Crippen LogP contribution in [0.4, 0.5) is 0 Å². The van der Waals surface area contributed by atoms with Crippen LogP contribution in [0.1, 0.15) is 43.7 Å². The first-order valence-electron chi connectivity index (χ1n) is 12.2. The Bertz CT molecular complexity index is 1150. The molecule has 1 fully saturated rings. The number of carbonyl (C=O) groups is 2. The van der Waals surface area contributed by atoms with Crippen LogP contribution < -0.4 is 0 Å². The summed E-state index contributed by atoms with van der Waals surface area (Å²) < 4.78 is 0. The average molecular weight is 476 g/mol.